The molecule has 0 unspecified atom stereocenters. The van der Waals surface area contributed by atoms with Crippen LogP contribution in [0, 0.1) is 10.1 Å². The van der Waals surface area contributed by atoms with Crippen LogP contribution in [0.15, 0.2) is 47.4 Å². The predicted molar refractivity (Wildman–Crippen MR) is 79.1 cm³/mol. The first-order valence-corrected chi connectivity index (χ1v) is 7.37. The molecule has 0 saturated carbocycles. The molecule has 0 aliphatic rings. The fourth-order valence-electron chi connectivity index (χ4n) is 1.73. The number of nitro benzene ring substituents is 1. The summed E-state index contributed by atoms with van der Waals surface area (Å²) in [6.07, 6.45) is -4.55. The van der Waals surface area contributed by atoms with Crippen LogP contribution < -0.4 is 0 Å². The highest BCUT2D eigenvalue weighted by Gasteiger charge is 2.32. The third kappa shape index (κ3) is 3.92. The number of benzene rings is 2. The third-order valence-electron chi connectivity index (χ3n) is 2.82. The lowest BCUT2D eigenvalue weighted by atomic mass is 10.2. The number of hydrogen-bond donors (Lipinski definition) is 0. The lowest BCUT2D eigenvalue weighted by Gasteiger charge is -2.09. The van der Waals surface area contributed by atoms with E-state index in [9.17, 15) is 23.3 Å². The Kier molecular flexibility index (Phi) is 4.97. The Balaban J connectivity index is 2.31. The van der Waals surface area contributed by atoms with E-state index in [1.807, 2.05) is 0 Å². The van der Waals surface area contributed by atoms with E-state index in [1.54, 1.807) is 24.3 Å². The summed E-state index contributed by atoms with van der Waals surface area (Å²) >= 11 is 6.92. The van der Waals surface area contributed by atoms with Gasteiger partial charge in [0.05, 0.1) is 15.4 Å². The zero-order chi connectivity index (χ0) is 16.3. The van der Waals surface area contributed by atoms with Crippen molar-refractivity contribution in [1.82, 2.24) is 0 Å². The molecule has 2 aromatic rings. The molecule has 0 aliphatic heterocycles. The third-order valence-corrected chi connectivity index (χ3v) is 4.29. The van der Waals surface area contributed by atoms with E-state index in [0.717, 1.165) is 23.9 Å². The highest BCUT2D eigenvalue weighted by molar-refractivity contribution is 7.98. The lowest BCUT2D eigenvalue weighted by molar-refractivity contribution is -0.387. The van der Waals surface area contributed by atoms with E-state index in [2.05, 4.69) is 0 Å². The molecule has 2 aromatic carbocycles. The largest absolute Gasteiger partial charge is 0.416 e. The molecule has 116 valence electrons. The normalized spacial score (nSPS) is 11.5. The molecule has 0 radical (unpaired) electrons. The highest BCUT2D eigenvalue weighted by Crippen LogP contribution is 2.38. The first kappa shape index (κ1) is 16.6. The maximum atomic E-state index is 12.7. The van der Waals surface area contributed by atoms with Crippen LogP contribution in [0.4, 0.5) is 18.9 Å². The molecule has 0 heterocycles. The van der Waals surface area contributed by atoms with Crippen LogP contribution in [0.5, 0.6) is 0 Å². The van der Waals surface area contributed by atoms with Gasteiger partial charge in [0.2, 0.25) is 0 Å². The molecule has 8 heteroatoms. The first-order valence-electron chi connectivity index (χ1n) is 6.01. The van der Waals surface area contributed by atoms with E-state index >= 15 is 0 Å². The van der Waals surface area contributed by atoms with E-state index < -0.39 is 16.7 Å². The van der Waals surface area contributed by atoms with Gasteiger partial charge in [0, 0.05) is 16.8 Å². The van der Waals surface area contributed by atoms with Crippen molar-refractivity contribution in [2.24, 2.45) is 0 Å². The minimum atomic E-state index is -4.55. The molecule has 0 spiro atoms. The van der Waals surface area contributed by atoms with Crippen molar-refractivity contribution in [3.8, 4) is 0 Å². The van der Waals surface area contributed by atoms with E-state index in [1.165, 1.54) is 0 Å². The van der Waals surface area contributed by atoms with Crippen molar-refractivity contribution in [3.05, 3.63) is 68.7 Å². The van der Waals surface area contributed by atoms with Gasteiger partial charge in [-0.2, -0.15) is 13.2 Å². The number of rotatable bonds is 4. The van der Waals surface area contributed by atoms with Gasteiger partial charge in [0.15, 0.2) is 0 Å². The zero-order valence-corrected chi connectivity index (χ0v) is 12.5. The van der Waals surface area contributed by atoms with Crippen molar-refractivity contribution in [2.45, 2.75) is 16.8 Å². The maximum absolute atomic E-state index is 12.7. The summed E-state index contributed by atoms with van der Waals surface area (Å²) in [5.74, 6) is 0.238. The number of hydrogen-bond acceptors (Lipinski definition) is 3. The Bertz CT molecular complexity index is 707. The van der Waals surface area contributed by atoms with Crippen molar-refractivity contribution in [3.63, 3.8) is 0 Å². The Morgan fingerprint density at radius 2 is 1.86 bits per heavy atom. The van der Waals surface area contributed by atoms with Crippen LogP contribution in [0.1, 0.15) is 11.1 Å². The molecule has 2 rings (SSSR count). The number of halogens is 4. The molecule has 0 atom stereocenters. The van der Waals surface area contributed by atoms with Gasteiger partial charge >= 0.3 is 6.18 Å². The van der Waals surface area contributed by atoms with Gasteiger partial charge in [-0.05, 0) is 23.8 Å². The Hall–Kier alpha value is -1.73. The molecular formula is C14H9ClF3NO2S. The summed E-state index contributed by atoms with van der Waals surface area (Å²) in [6.45, 7) is 0. The number of alkyl halides is 3. The molecule has 0 saturated heterocycles. The van der Waals surface area contributed by atoms with Crippen molar-refractivity contribution in [1.29, 1.82) is 0 Å². The van der Waals surface area contributed by atoms with E-state index in [4.69, 9.17) is 11.6 Å². The van der Waals surface area contributed by atoms with Crippen molar-refractivity contribution < 1.29 is 18.1 Å². The maximum Gasteiger partial charge on any atom is 0.416 e. The smallest absolute Gasteiger partial charge is 0.258 e. The van der Waals surface area contributed by atoms with Crippen LogP contribution in [0.3, 0.4) is 0 Å². The average Bonchev–Trinajstić information content (AvgIpc) is 2.45. The molecule has 0 N–H and O–H groups in total. The molecule has 0 aliphatic carbocycles. The Morgan fingerprint density at radius 1 is 1.18 bits per heavy atom. The minimum Gasteiger partial charge on any atom is -0.258 e. The van der Waals surface area contributed by atoms with Crippen LogP contribution in [0.2, 0.25) is 5.02 Å². The second-order valence-electron chi connectivity index (χ2n) is 4.32. The Labute approximate surface area is 133 Å². The number of thioether (sulfide) groups is 1. The zero-order valence-electron chi connectivity index (χ0n) is 10.9. The van der Waals surface area contributed by atoms with Gasteiger partial charge in [-0.15, -0.1) is 11.8 Å². The average molecular weight is 348 g/mol. The molecular weight excluding hydrogens is 339 g/mol. The lowest BCUT2D eigenvalue weighted by Crippen LogP contribution is -2.05. The molecule has 0 aromatic heterocycles. The van der Waals surface area contributed by atoms with Crippen LogP contribution in [-0.4, -0.2) is 4.92 Å². The topological polar surface area (TPSA) is 43.1 Å². The Morgan fingerprint density at radius 3 is 2.45 bits per heavy atom. The van der Waals surface area contributed by atoms with Crippen LogP contribution in [-0.2, 0) is 11.9 Å². The molecule has 0 fully saturated rings. The van der Waals surface area contributed by atoms with Gasteiger partial charge < -0.3 is 0 Å². The summed E-state index contributed by atoms with van der Waals surface area (Å²) in [7, 11) is 0. The second kappa shape index (κ2) is 6.58. The molecule has 0 amide bonds. The molecule has 22 heavy (non-hydrogen) atoms. The summed E-state index contributed by atoms with van der Waals surface area (Å²) in [5, 5.41) is 11.4. The number of nitro groups is 1. The summed E-state index contributed by atoms with van der Waals surface area (Å²) in [4.78, 5) is 10.2. The van der Waals surface area contributed by atoms with Crippen LogP contribution >= 0.6 is 23.4 Å². The molecule has 0 bridgehead atoms. The first-order chi connectivity index (χ1) is 10.3. The van der Waals surface area contributed by atoms with Gasteiger partial charge in [-0.1, -0.05) is 29.8 Å². The predicted octanol–water partition coefficient (Wildman–Crippen LogP) is 5.56. The summed E-state index contributed by atoms with van der Waals surface area (Å²) < 4.78 is 38.2. The monoisotopic (exact) mass is 347 g/mol. The van der Waals surface area contributed by atoms with Gasteiger partial charge in [-0.3, -0.25) is 10.1 Å². The summed E-state index contributed by atoms with van der Waals surface area (Å²) in [5.41, 5.74) is -0.578. The second-order valence-corrected chi connectivity index (χ2v) is 5.74. The van der Waals surface area contributed by atoms with E-state index in [0.29, 0.717) is 16.7 Å². The minimum absolute atomic E-state index is 0.0419. The molecule has 3 nitrogen and oxygen atoms in total. The van der Waals surface area contributed by atoms with Gasteiger partial charge in [0.25, 0.3) is 5.69 Å². The highest BCUT2D eigenvalue weighted by atomic mass is 35.5. The van der Waals surface area contributed by atoms with Gasteiger partial charge in [-0.25, -0.2) is 0 Å². The quantitative estimate of drug-likeness (QED) is 0.413. The van der Waals surface area contributed by atoms with E-state index in [-0.39, 0.29) is 16.3 Å². The fraction of sp³-hybridized carbons (Fsp3) is 0.143. The fourth-order valence-corrected chi connectivity index (χ4v) is 3.07. The standard InChI is InChI=1S/C14H9ClF3NO2S/c15-11-4-2-1-3-9(11)8-22-13-7-10(14(16,17)18)5-6-12(13)19(20)21/h1-7H,8H2. The number of nitrogens with zero attached hydrogens (tertiary/aromatic N) is 1. The van der Waals surface area contributed by atoms with Crippen LogP contribution in [0.25, 0.3) is 0 Å². The van der Waals surface area contributed by atoms with Gasteiger partial charge in [0.1, 0.15) is 0 Å². The van der Waals surface area contributed by atoms with Crippen molar-refractivity contribution >= 4 is 29.1 Å². The summed E-state index contributed by atoms with van der Waals surface area (Å²) in [6, 6.07) is 9.20. The van der Waals surface area contributed by atoms with Crippen molar-refractivity contribution in [2.75, 3.05) is 0 Å². The SMILES string of the molecule is O=[N+]([O-])c1ccc(C(F)(F)F)cc1SCc1ccccc1Cl.